The Kier molecular flexibility index (Phi) is 3.71. The fourth-order valence-electron chi connectivity index (χ4n) is 1.00. The summed E-state index contributed by atoms with van der Waals surface area (Å²) in [6.07, 6.45) is 3.51. The van der Waals surface area contributed by atoms with Crippen LogP contribution in [0.3, 0.4) is 0 Å². The summed E-state index contributed by atoms with van der Waals surface area (Å²) in [4.78, 5) is 10.5. The van der Waals surface area contributed by atoms with Gasteiger partial charge in [-0.1, -0.05) is 13.3 Å². The molecule has 13 heavy (non-hydrogen) atoms. The van der Waals surface area contributed by atoms with E-state index in [4.69, 9.17) is 5.11 Å². The van der Waals surface area contributed by atoms with Crippen LogP contribution >= 0.6 is 22.6 Å². The van der Waals surface area contributed by atoms with Crippen molar-refractivity contribution in [2.75, 3.05) is 0 Å². The lowest BCUT2D eigenvalue weighted by Gasteiger charge is -1.93. The smallest absolute Gasteiger partial charge is 0.432 e. The molecule has 5 heteroatoms. The molecule has 1 aromatic heterocycles. The van der Waals surface area contributed by atoms with Gasteiger partial charge in [0.1, 0.15) is 0 Å². The highest BCUT2D eigenvalue weighted by Crippen LogP contribution is 2.12. The Hall–Kier alpha value is -0.590. The van der Waals surface area contributed by atoms with Crippen molar-refractivity contribution in [3.63, 3.8) is 0 Å². The Morgan fingerprint density at radius 1 is 1.77 bits per heavy atom. The van der Waals surface area contributed by atoms with Gasteiger partial charge in [-0.05, 0) is 35.4 Å². The van der Waals surface area contributed by atoms with E-state index in [-0.39, 0.29) is 0 Å². The van der Waals surface area contributed by atoms with E-state index in [1.807, 2.05) is 0 Å². The average Bonchev–Trinajstić information content (AvgIpc) is 2.44. The molecule has 0 aliphatic heterocycles. The molecular formula is C8H11IN2O2. The number of unbranched alkanes of at least 4 members (excludes halogenated alkanes) is 1. The molecular weight excluding hydrogens is 283 g/mol. The zero-order valence-corrected chi connectivity index (χ0v) is 9.48. The summed E-state index contributed by atoms with van der Waals surface area (Å²) in [5.41, 5.74) is 0.879. The fourth-order valence-corrected chi connectivity index (χ4v) is 1.64. The predicted molar refractivity (Wildman–Crippen MR) is 57.0 cm³/mol. The van der Waals surface area contributed by atoms with Gasteiger partial charge in [0.05, 0.1) is 15.5 Å². The van der Waals surface area contributed by atoms with Gasteiger partial charge in [0.25, 0.3) is 0 Å². The summed E-state index contributed by atoms with van der Waals surface area (Å²) in [5, 5.41) is 12.6. The maximum absolute atomic E-state index is 10.5. The van der Waals surface area contributed by atoms with E-state index in [2.05, 4.69) is 34.6 Å². The Morgan fingerprint density at radius 3 is 2.92 bits per heavy atom. The molecule has 0 amide bonds. The lowest BCUT2D eigenvalue weighted by molar-refractivity contribution is 0.192. The van der Waals surface area contributed by atoms with Gasteiger partial charge >= 0.3 is 6.09 Å². The molecule has 0 atom stereocenters. The van der Waals surface area contributed by atoms with E-state index in [9.17, 15) is 4.79 Å². The molecule has 0 bridgehead atoms. The summed E-state index contributed by atoms with van der Waals surface area (Å²) in [7, 11) is 0. The monoisotopic (exact) mass is 294 g/mol. The molecule has 0 aromatic carbocycles. The maximum atomic E-state index is 10.5. The molecule has 1 N–H and O–H groups in total. The van der Waals surface area contributed by atoms with E-state index < -0.39 is 6.09 Å². The van der Waals surface area contributed by atoms with E-state index in [1.165, 1.54) is 6.20 Å². The highest BCUT2D eigenvalue weighted by atomic mass is 127. The zero-order valence-electron chi connectivity index (χ0n) is 7.33. The molecule has 0 aliphatic carbocycles. The first-order valence-corrected chi connectivity index (χ1v) is 5.20. The summed E-state index contributed by atoms with van der Waals surface area (Å²) < 4.78 is 1.89. The second kappa shape index (κ2) is 4.59. The summed E-state index contributed by atoms with van der Waals surface area (Å²) in [6, 6.07) is 0. The van der Waals surface area contributed by atoms with Crippen molar-refractivity contribution >= 4 is 28.7 Å². The molecule has 0 saturated heterocycles. The van der Waals surface area contributed by atoms with Gasteiger partial charge < -0.3 is 5.11 Å². The van der Waals surface area contributed by atoms with Gasteiger partial charge in [-0.15, -0.1) is 0 Å². The first-order valence-electron chi connectivity index (χ1n) is 4.12. The van der Waals surface area contributed by atoms with Crippen LogP contribution in [0.5, 0.6) is 0 Å². The average molecular weight is 294 g/mol. The van der Waals surface area contributed by atoms with Crippen molar-refractivity contribution in [3.8, 4) is 0 Å². The highest BCUT2D eigenvalue weighted by molar-refractivity contribution is 14.1. The molecule has 1 aromatic rings. The van der Waals surface area contributed by atoms with Crippen molar-refractivity contribution in [1.82, 2.24) is 9.78 Å². The second-order valence-electron chi connectivity index (χ2n) is 2.75. The molecule has 1 heterocycles. The van der Waals surface area contributed by atoms with E-state index in [1.54, 1.807) is 0 Å². The lowest BCUT2D eigenvalue weighted by Crippen LogP contribution is -2.08. The normalized spacial score (nSPS) is 10.3. The maximum Gasteiger partial charge on any atom is 0.432 e. The number of carboxylic acid groups (broad SMARTS) is 1. The van der Waals surface area contributed by atoms with Crippen molar-refractivity contribution in [2.45, 2.75) is 26.2 Å². The number of hydrogen-bond acceptors (Lipinski definition) is 2. The fraction of sp³-hybridized carbons (Fsp3) is 0.500. The minimum atomic E-state index is -1.03. The molecule has 0 unspecified atom stereocenters. The van der Waals surface area contributed by atoms with Crippen LogP contribution in [0.25, 0.3) is 0 Å². The number of halogens is 1. The first-order chi connectivity index (χ1) is 6.15. The molecule has 0 spiro atoms. The van der Waals surface area contributed by atoms with Crippen LogP contribution in [-0.2, 0) is 6.42 Å². The van der Waals surface area contributed by atoms with Crippen LogP contribution in [0.1, 0.15) is 25.5 Å². The Labute approximate surface area is 90.1 Å². The minimum absolute atomic E-state index is 0.856. The molecule has 0 fully saturated rings. The molecule has 1 rings (SSSR count). The third-order valence-corrected chi connectivity index (χ3v) is 2.60. The van der Waals surface area contributed by atoms with Gasteiger partial charge in [-0.25, -0.2) is 4.79 Å². The summed E-state index contributed by atoms with van der Waals surface area (Å²) in [5.74, 6) is 0. The Bertz CT molecular complexity index is 309. The summed E-state index contributed by atoms with van der Waals surface area (Å²) in [6.45, 7) is 2.10. The van der Waals surface area contributed by atoms with Gasteiger partial charge in [-0.3, -0.25) is 0 Å². The van der Waals surface area contributed by atoms with Crippen LogP contribution in [0.15, 0.2) is 6.20 Å². The van der Waals surface area contributed by atoms with E-state index in [0.717, 1.165) is 33.2 Å². The third kappa shape index (κ3) is 2.68. The molecule has 0 aliphatic rings. The van der Waals surface area contributed by atoms with Crippen molar-refractivity contribution in [2.24, 2.45) is 0 Å². The lowest BCUT2D eigenvalue weighted by atomic mass is 10.2. The third-order valence-electron chi connectivity index (χ3n) is 1.70. The van der Waals surface area contributed by atoms with Gasteiger partial charge in [0.2, 0.25) is 0 Å². The predicted octanol–water partition coefficient (Wildman–Crippen LogP) is 2.36. The quantitative estimate of drug-likeness (QED) is 0.871. The van der Waals surface area contributed by atoms with Crippen LogP contribution in [0.4, 0.5) is 4.79 Å². The number of aryl methyl sites for hydroxylation is 1. The van der Waals surface area contributed by atoms with Crippen LogP contribution in [0, 0.1) is 3.57 Å². The molecule has 0 radical (unpaired) electrons. The number of hydrogen-bond donors (Lipinski definition) is 1. The first kappa shape index (κ1) is 10.5. The number of aromatic nitrogens is 2. The Balaban J connectivity index is 2.77. The van der Waals surface area contributed by atoms with E-state index in [0.29, 0.717) is 0 Å². The second-order valence-corrected chi connectivity index (χ2v) is 3.92. The summed E-state index contributed by atoms with van der Waals surface area (Å²) >= 11 is 2.11. The molecule has 0 saturated carbocycles. The van der Waals surface area contributed by atoms with Crippen molar-refractivity contribution in [1.29, 1.82) is 0 Å². The largest absolute Gasteiger partial charge is 0.463 e. The SMILES string of the molecule is CCCCc1nn(C(=O)O)cc1I. The van der Waals surface area contributed by atoms with Crippen molar-refractivity contribution < 1.29 is 9.90 Å². The van der Waals surface area contributed by atoms with Crippen LogP contribution < -0.4 is 0 Å². The highest BCUT2D eigenvalue weighted by Gasteiger charge is 2.09. The topological polar surface area (TPSA) is 55.1 Å². The number of carbonyl (C=O) groups is 1. The van der Waals surface area contributed by atoms with Crippen LogP contribution in [0.2, 0.25) is 0 Å². The minimum Gasteiger partial charge on any atom is -0.463 e. The van der Waals surface area contributed by atoms with Gasteiger partial charge in [0, 0.05) is 0 Å². The van der Waals surface area contributed by atoms with Gasteiger partial charge in [-0.2, -0.15) is 9.78 Å². The molecule has 4 nitrogen and oxygen atoms in total. The van der Waals surface area contributed by atoms with Crippen molar-refractivity contribution in [3.05, 3.63) is 15.5 Å². The number of nitrogens with zero attached hydrogens (tertiary/aromatic N) is 2. The standard InChI is InChI=1S/C8H11IN2O2/c1-2-3-4-7-6(9)5-11(10-7)8(12)13/h5H,2-4H2,1H3,(H,12,13). The van der Waals surface area contributed by atoms with Crippen LogP contribution in [-0.4, -0.2) is 21.0 Å². The molecule has 72 valence electrons. The zero-order chi connectivity index (χ0) is 9.84. The van der Waals surface area contributed by atoms with E-state index >= 15 is 0 Å². The number of rotatable bonds is 3. The van der Waals surface area contributed by atoms with Gasteiger partial charge in [0.15, 0.2) is 0 Å². The Morgan fingerprint density at radius 2 is 2.46 bits per heavy atom.